The van der Waals surface area contributed by atoms with Crippen molar-refractivity contribution in [2.45, 2.75) is 32.7 Å². The molecule has 1 aromatic carbocycles. The molecule has 0 amide bonds. The molecule has 0 aromatic heterocycles. The average molecular weight is 218 g/mol. The molecule has 2 unspecified atom stereocenters. The molecule has 2 nitrogen and oxygen atoms in total. The second kappa shape index (κ2) is 4.46. The van der Waals surface area contributed by atoms with Crippen LogP contribution in [0.25, 0.3) is 0 Å². The second-order valence-electron chi connectivity index (χ2n) is 4.74. The minimum atomic E-state index is 0.425. The fourth-order valence-corrected chi connectivity index (χ4v) is 2.66. The van der Waals surface area contributed by atoms with Crippen LogP contribution in [0, 0.1) is 0 Å². The molecule has 0 spiro atoms. The van der Waals surface area contributed by atoms with Crippen molar-refractivity contribution in [3.05, 3.63) is 29.3 Å². The fraction of sp³-hybridized carbons (Fsp3) is 0.571. The molecule has 0 bridgehead atoms. The van der Waals surface area contributed by atoms with Gasteiger partial charge in [-0.25, -0.2) is 0 Å². The Balaban J connectivity index is 2.49. The molecule has 1 aliphatic rings. The molecule has 1 heterocycles. The number of nitrogens with one attached hydrogen (secondary N) is 1. The highest BCUT2D eigenvalue weighted by molar-refractivity contribution is 5.65. The number of hydrogen-bond donors (Lipinski definition) is 1. The van der Waals surface area contributed by atoms with Crippen LogP contribution in [-0.4, -0.2) is 20.1 Å². The van der Waals surface area contributed by atoms with Crippen LogP contribution in [0.3, 0.4) is 0 Å². The Hall–Kier alpha value is -1.02. The molecule has 1 N–H and O–H groups in total. The van der Waals surface area contributed by atoms with Crippen LogP contribution in [0.1, 0.15) is 43.9 Å². The Morgan fingerprint density at radius 2 is 2.25 bits per heavy atom. The highest BCUT2D eigenvalue weighted by Gasteiger charge is 2.27. The Labute approximate surface area is 98.7 Å². The molecule has 16 heavy (non-hydrogen) atoms. The maximum Gasteiger partial charge on any atom is 0.0450 e. The van der Waals surface area contributed by atoms with Crippen LogP contribution in [0.4, 0.5) is 5.69 Å². The largest absolute Gasteiger partial charge is 0.371 e. The third-order valence-corrected chi connectivity index (χ3v) is 3.72. The number of fused-ring (bicyclic) bond motifs is 1. The predicted molar refractivity (Wildman–Crippen MR) is 70.2 cm³/mol. The third kappa shape index (κ3) is 1.71. The summed E-state index contributed by atoms with van der Waals surface area (Å²) in [6, 6.07) is 7.15. The molecular formula is C14H22N2. The summed E-state index contributed by atoms with van der Waals surface area (Å²) in [5.74, 6) is 0.666. The zero-order valence-electron chi connectivity index (χ0n) is 10.7. The number of benzene rings is 1. The Morgan fingerprint density at radius 1 is 1.50 bits per heavy atom. The summed E-state index contributed by atoms with van der Waals surface area (Å²) in [5.41, 5.74) is 4.42. The number of rotatable bonds is 3. The molecule has 0 radical (unpaired) electrons. The van der Waals surface area contributed by atoms with Crippen LogP contribution < -0.4 is 10.2 Å². The number of anilines is 1. The average Bonchev–Trinajstić information content (AvgIpc) is 2.65. The SMILES string of the molecule is CCN1CC(C)c2cccc(C(C)NC)c21. The summed E-state index contributed by atoms with van der Waals surface area (Å²) in [5, 5.41) is 3.34. The van der Waals surface area contributed by atoms with E-state index in [-0.39, 0.29) is 0 Å². The van der Waals surface area contributed by atoms with Gasteiger partial charge in [0.15, 0.2) is 0 Å². The van der Waals surface area contributed by atoms with Crippen molar-refractivity contribution < 1.29 is 0 Å². The predicted octanol–water partition coefficient (Wildman–Crippen LogP) is 2.91. The summed E-state index contributed by atoms with van der Waals surface area (Å²) in [4.78, 5) is 2.50. The summed E-state index contributed by atoms with van der Waals surface area (Å²) in [7, 11) is 2.03. The van der Waals surface area contributed by atoms with Crippen LogP contribution >= 0.6 is 0 Å². The van der Waals surface area contributed by atoms with Crippen LogP contribution in [0.2, 0.25) is 0 Å². The Bertz CT molecular complexity index is 373. The van der Waals surface area contributed by atoms with Crippen LogP contribution in [0.15, 0.2) is 18.2 Å². The van der Waals surface area contributed by atoms with E-state index in [1.165, 1.54) is 23.4 Å². The van der Waals surface area contributed by atoms with E-state index in [0.717, 1.165) is 6.54 Å². The first-order valence-electron chi connectivity index (χ1n) is 6.24. The molecule has 0 saturated heterocycles. The highest BCUT2D eigenvalue weighted by atomic mass is 15.2. The molecular weight excluding hydrogens is 196 g/mol. The van der Waals surface area contributed by atoms with Crippen molar-refractivity contribution in [1.29, 1.82) is 0 Å². The van der Waals surface area contributed by atoms with Crippen molar-refractivity contribution >= 4 is 5.69 Å². The van der Waals surface area contributed by atoms with Crippen molar-refractivity contribution in [1.82, 2.24) is 5.32 Å². The van der Waals surface area contributed by atoms with Crippen molar-refractivity contribution in [2.24, 2.45) is 0 Å². The molecule has 1 aliphatic heterocycles. The molecule has 1 aromatic rings. The molecule has 2 rings (SSSR count). The molecule has 2 heteroatoms. The van der Waals surface area contributed by atoms with E-state index in [1.54, 1.807) is 0 Å². The van der Waals surface area contributed by atoms with E-state index < -0.39 is 0 Å². The topological polar surface area (TPSA) is 15.3 Å². The van der Waals surface area contributed by atoms with Crippen LogP contribution in [-0.2, 0) is 0 Å². The lowest BCUT2D eigenvalue weighted by molar-refractivity contribution is 0.650. The summed E-state index contributed by atoms with van der Waals surface area (Å²) in [6.45, 7) is 9.06. The minimum Gasteiger partial charge on any atom is -0.371 e. The highest BCUT2D eigenvalue weighted by Crippen LogP contribution is 2.40. The summed E-state index contributed by atoms with van der Waals surface area (Å²) in [6.07, 6.45) is 0. The van der Waals surface area contributed by atoms with E-state index in [4.69, 9.17) is 0 Å². The zero-order chi connectivity index (χ0) is 11.7. The van der Waals surface area contributed by atoms with Gasteiger partial charge in [-0.2, -0.15) is 0 Å². The van der Waals surface area contributed by atoms with E-state index in [0.29, 0.717) is 12.0 Å². The summed E-state index contributed by atoms with van der Waals surface area (Å²) < 4.78 is 0. The first-order valence-corrected chi connectivity index (χ1v) is 6.24. The van der Waals surface area contributed by atoms with E-state index >= 15 is 0 Å². The number of likely N-dealkylation sites (N-methyl/N-ethyl adjacent to an activating group) is 1. The smallest absolute Gasteiger partial charge is 0.0450 e. The molecule has 0 fully saturated rings. The fourth-order valence-electron chi connectivity index (χ4n) is 2.66. The lowest BCUT2D eigenvalue weighted by atomic mass is 9.98. The second-order valence-corrected chi connectivity index (χ2v) is 4.74. The van der Waals surface area contributed by atoms with E-state index in [2.05, 4.69) is 49.2 Å². The molecule has 2 atom stereocenters. The minimum absolute atomic E-state index is 0.425. The van der Waals surface area contributed by atoms with Gasteiger partial charge >= 0.3 is 0 Å². The van der Waals surface area contributed by atoms with Crippen LogP contribution in [0.5, 0.6) is 0 Å². The van der Waals surface area contributed by atoms with Crippen molar-refractivity contribution in [3.8, 4) is 0 Å². The lowest BCUT2D eigenvalue weighted by Gasteiger charge is -2.23. The van der Waals surface area contributed by atoms with E-state index in [9.17, 15) is 0 Å². The maximum absolute atomic E-state index is 3.34. The molecule has 0 saturated carbocycles. The van der Waals surface area contributed by atoms with Gasteiger partial charge in [-0.3, -0.25) is 0 Å². The standard InChI is InChI=1S/C14H22N2/c1-5-16-9-10(2)12-7-6-8-13(14(12)16)11(3)15-4/h6-8,10-11,15H,5,9H2,1-4H3. The van der Waals surface area contributed by atoms with Gasteiger partial charge in [0.1, 0.15) is 0 Å². The van der Waals surface area contributed by atoms with Crippen molar-refractivity contribution in [2.75, 3.05) is 25.0 Å². The molecule has 88 valence electrons. The number of para-hydroxylation sites is 1. The van der Waals surface area contributed by atoms with E-state index in [1.807, 2.05) is 7.05 Å². The van der Waals surface area contributed by atoms with Gasteiger partial charge in [0, 0.05) is 30.7 Å². The van der Waals surface area contributed by atoms with Gasteiger partial charge in [0.25, 0.3) is 0 Å². The Morgan fingerprint density at radius 3 is 2.88 bits per heavy atom. The zero-order valence-corrected chi connectivity index (χ0v) is 10.7. The molecule has 0 aliphatic carbocycles. The number of hydrogen-bond acceptors (Lipinski definition) is 2. The summed E-state index contributed by atoms with van der Waals surface area (Å²) >= 11 is 0. The first-order chi connectivity index (χ1) is 7.69. The lowest BCUT2D eigenvalue weighted by Crippen LogP contribution is -2.23. The van der Waals surface area contributed by atoms with Gasteiger partial charge in [0.05, 0.1) is 0 Å². The van der Waals surface area contributed by atoms with Gasteiger partial charge in [-0.05, 0) is 32.0 Å². The maximum atomic E-state index is 3.34. The van der Waals surface area contributed by atoms with Gasteiger partial charge in [0.2, 0.25) is 0 Å². The first kappa shape index (κ1) is 11.5. The quantitative estimate of drug-likeness (QED) is 0.839. The monoisotopic (exact) mass is 218 g/mol. The van der Waals surface area contributed by atoms with Gasteiger partial charge in [-0.1, -0.05) is 25.1 Å². The van der Waals surface area contributed by atoms with Gasteiger partial charge in [-0.15, -0.1) is 0 Å². The number of nitrogens with zero attached hydrogens (tertiary/aromatic N) is 1. The Kier molecular flexibility index (Phi) is 3.20. The van der Waals surface area contributed by atoms with Gasteiger partial charge < -0.3 is 10.2 Å². The van der Waals surface area contributed by atoms with Crippen molar-refractivity contribution in [3.63, 3.8) is 0 Å². The normalized spacial score (nSPS) is 21.0. The third-order valence-electron chi connectivity index (χ3n) is 3.72.